The summed E-state index contributed by atoms with van der Waals surface area (Å²) in [5.41, 5.74) is 0.362. The van der Waals surface area contributed by atoms with E-state index in [1.807, 2.05) is 6.92 Å². The van der Waals surface area contributed by atoms with Gasteiger partial charge >= 0.3 is 11.9 Å². The summed E-state index contributed by atoms with van der Waals surface area (Å²) < 4.78 is 9.97. The number of unbranched alkanes of at least 4 members (excludes halogenated alkanes) is 1. The predicted octanol–water partition coefficient (Wildman–Crippen LogP) is 2.73. The molecule has 1 aromatic rings. The fourth-order valence-corrected chi connectivity index (χ4v) is 1.24. The Bertz CT molecular complexity index is 437. The van der Waals surface area contributed by atoms with Gasteiger partial charge < -0.3 is 9.47 Å². The van der Waals surface area contributed by atoms with E-state index in [2.05, 4.69) is 6.58 Å². The van der Waals surface area contributed by atoms with Crippen LogP contribution in [0.1, 0.15) is 30.1 Å². The average molecular weight is 248 g/mol. The highest BCUT2D eigenvalue weighted by Gasteiger charge is 2.09. The molecule has 4 heteroatoms. The van der Waals surface area contributed by atoms with Gasteiger partial charge in [0.15, 0.2) is 0 Å². The van der Waals surface area contributed by atoms with Gasteiger partial charge in [-0.2, -0.15) is 0 Å². The van der Waals surface area contributed by atoms with E-state index >= 15 is 0 Å². The van der Waals surface area contributed by atoms with Gasteiger partial charge in [0.1, 0.15) is 5.75 Å². The number of rotatable bonds is 6. The van der Waals surface area contributed by atoms with Crippen LogP contribution < -0.4 is 4.74 Å². The van der Waals surface area contributed by atoms with E-state index in [9.17, 15) is 9.59 Å². The standard InChI is InChI=1S/C14H16O4/c1-3-5-9-17-14(16)11-7-6-8-12(10-11)18-13(15)4-2/h4,6-8,10H,2-3,5,9H2,1H3. The Hall–Kier alpha value is -2.10. The largest absolute Gasteiger partial charge is 0.462 e. The van der Waals surface area contributed by atoms with Crippen LogP contribution in [0.3, 0.4) is 0 Å². The maximum Gasteiger partial charge on any atom is 0.338 e. The molecule has 0 radical (unpaired) electrons. The molecular weight excluding hydrogens is 232 g/mol. The lowest BCUT2D eigenvalue weighted by atomic mass is 10.2. The highest BCUT2D eigenvalue weighted by molar-refractivity contribution is 5.90. The van der Waals surface area contributed by atoms with E-state index in [0.717, 1.165) is 18.9 Å². The molecule has 18 heavy (non-hydrogen) atoms. The van der Waals surface area contributed by atoms with Crippen LogP contribution in [-0.2, 0) is 9.53 Å². The first-order chi connectivity index (χ1) is 8.67. The highest BCUT2D eigenvalue weighted by atomic mass is 16.5. The summed E-state index contributed by atoms with van der Waals surface area (Å²) in [6, 6.07) is 6.29. The Balaban J connectivity index is 2.66. The van der Waals surface area contributed by atoms with Crippen molar-refractivity contribution in [3.05, 3.63) is 42.5 Å². The van der Waals surface area contributed by atoms with Gasteiger partial charge in [0.05, 0.1) is 12.2 Å². The minimum Gasteiger partial charge on any atom is -0.462 e. The SMILES string of the molecule is C=CC(=O)Oc1cccc(C(=O)OCCCC)c1. The zero-order valence-electron chi connectivity index (χ0n) is 10.3. The van der Waals surface area contributed by atoms with E-state index in [0.29, 0.717) is 17.9 Å². The van der Waals surface area contributed by atoms with Gasteiger partial charge in [-0.1, -0.05) is 26.0 Å². The van der Waals surface area contributed by atoms with Gasteiger partial charge in [-0.05, 0) is 24.6 Å². The van der Waals surface area contributed by atoms with Crippen molar-refractivity contribution in [2.75, 3.05) is 6.61 Å². The Morgan fingerprint density at radius 3 is 2.83 bits per heavy atom. The summed E-state index contributed by atoms with van der Waals surface area (Å²) in [5.74, 6) is -0.684. The fraction of sp³-hybridized carbons (Fsp3) is 0.286. The Kier molecular flexibility index (Phi) is 5.64. The van der Waals surface area contributed by atoms with Gasteiger partial charge in [0.2, 0.25) is 0 Å². The number of hydrogen-bond donors (Lipinski definition) is 0. The molecule has 0 aliphatic heterocycles. The third-order valence-electron chi connectivity index (χ3n) is 2.19. The van der Waals surface area contributed by atoms with E-state index in [-0.39, 0.29) is 0 Å². The van der Waals surface area contributed by atoms with Crippen molar-refractivity contribution in [1.29, 1.82) is 0 Å². The van der Waals surface area contributed by atoms with E-state index in [1.165, 1.54) is 6.07 Å². The highest BCUT2D eigenvalue weighted by Crippen LogP contribution is 2.14. The minimum absolute atomic E-state index is 0.296. The maximum absolute atomic E-state index is 11.6. The molecule has 0 atom stereocenters. The molecule has 0 saturated carbocycles. The first-order valence-corrected chi connectivity index (χ1v) is 5.78. The number of carbonyl (C=O) groups excluding carboxylic acids is 2. The number of esters is 2. The molecular formula is C14H16O4. The monoisotopic (exact) mass is 248 g/mol. The number of carbonyl (C=O) groups is 2. The molecule has 1 rings (SSSR count). The van der Waals surface area contributed by atoms with Crippen molar-refractivity contribution in [3.63, 3.8) is 0 Å². The van der Waals surface area contributed by atoms with Crippen LogP contribution in [-0.4, -0.2) is 18.5 Å². The number of ether oxygens (including phenoxy) is 2. The van der Waals surface area contributed by atoms with Crippen LogP contribution in [0, 0.1) is 0 Å². The molecule has 0 fully saturated rings. The van der Waals surface area contributed by atoms with Crippen molar-refractivity contribution in [1.82, 2.24) is 0 Å². The van der Waals surface area contributed by atoms with Crippen molar-refractivity contribution in [2.24, 2.45) is 0 Å². The van der Waals surface area contributed by atoms with Crippen LogP contribution in [0.25, 0.3) is 0 Å². The summed E-state index contributed by atoms with van der Waals surface area (Å²) >= 11 is 0. The topological polar surface area (TPSA) is 52.6 Å². The molecule has 0 aliphatic carbocycles. The lowest BCUT2D eigenvalue weighted by molar-refractivity contribution is -0.128. The van der Waals surface area contributed by atoms with Crippen LogP contribution >= 0.6 is 0 Å². The lowest BCUT2D eigenvalue weighted by Crippen LogP contribution is -2.08. The Labute approximate surface area is 106 Å². The van der Waals surface area contributed by atoms with E-state index in [4.69, 9.17) is 9.47 Å². The average Bonchev–Trinajstić information content (AvgIpc) is 2.39. The molecule has 0 aromatic heterocycles. The van der Waals surface area contributed by atoms with Gasteiger partial charge in [0.25, 0.3) is 0 Å². The molecule has 0 unspecified atom stereocenters. The van der Waals surface area contributed by atoms with Crippen molar-refractivity contribution in [2.45, 2.75) is 19.8 Å². The fourth-order valence-electron chi connectivity index (χ4n) is 1.24. The summed E-state index contributed by atoms with van der Waals surface area (Å²) in [6.45, 7) is 5.71. The first kappa shape index (κ1) is 14.0. The normalized spacial score (nSPS) is 9.61. The third-order valence-corrected chi connectivity index (χ3v) is 2.19. The molecule has 0 saturated heterocycles. The maximum atomic E-state index is 11.6. The number of benzene rings is 1. The van der Waals surface area contributed by atoms with Gasteiger partial charge in [-0.25, -0.2) is 9.59 Å². The lowest BCUT2D eigenvalue weighted by Gasteiger charge is -2.05. The molecule has 1 aromatic carbocycles. The first-order valence-electron chi connectivity index (χ1n) is 5.78. The Morgan fingerprint density at radius 2 is 2.17 bits per heavy atom. The van der Waals surface area contributed by atoms with Crippen molar-refractivity contribution < 1.29 is 19.1 Å². The molecule has 4 nitrogen and oxygen atoms in total. The smallest absolute Gasteiger partial charge is 0.338 e. The molecule has 0 bridgehead atoms. The van der Waals surface area contributed by atoms with Crippen molar-refractivity contribution >= 4 is 11.9 Å². The van der Waals surface area contributed by atoms with Crippen LogP contribution in [0.5, 0.6) is 5.75 Å². The summed E-state index contributed by atoms with van der Waals surface area (Å²) in [6.07, 6.45) is 2.85. The second-order valence-corrected chi connectivity index (χ2v) is 3.64. The quantitative estimate of drug-likeness (QED) is 0.336. The van der Waals surface area contributed by atoms with Crippen molar-refractivity contribution in [3.8, 4) is 5.75 Å². The van der Waals surface area contributed by atoms with E-state index in [1.54, 1.807) is 18.2 Å². The molecule has 0 aliphatic rings. The third kappa shape index (κ3) is 4.41. The van der Waals surface area contributed by atoms with E-state index < -0.39 is 11.9 Å². The zero-order valence-corrected chi connectivity index (χ0v) is 10.3. The van der Waals surface area contributed by atoms with Crippen LogP contribution in [0.2, 0.25) is 0 Å². The summed E-state index contributed by atoms with van der Waals surface area (Å²) in [7, 11) is 0. The van der Waals surface area contributed by atoms with Crippen LogP contribution in [0.15, 0.2) is 36.9 Å². The second kappa shape index (κ2) is 7.27. The molecule has 0 N–H and O–H groups in total. The molecule has 0 amide bonds. The molecule has 0 heterocycles. The van der Waals surface area contributed by atoms with Gasteiger partial charge in [-0.3, -0.25) is 0 Å². The second-order valence-electron chi connectivity index (χ2n) is 3.64. The minimum atomic E-state index is -0.563. The van der Waals surface area contributed by atoms with Gasteiger partial charge in [0, 0.05) is 6.08 Å². The van der Waals surface area contributed by atoms with Gasteiger partial charge in [-0.15, -0.1) is 0 Å². The predicted molar refractivity (Wildman–Crippen MR) is 67.5 cm³/mol. The molecule has 96 valence electrons. The Morgan fingerprint density at radius 1 is 1.39 bits per heavy atom. The zero-order chi connectivity index (χ0) is 13.4. The molecule has 0 spiro atoms. The summed E-state index contributed by atoms with van der Waals surface area (Å²) in [5, 5.41) is 0. The summed E-state index contributed by atoms with van der Waals surface area (Å²) in [4.78, 5) is 22.7. The van der Waals surface area contributed by atoms with Crippen LogP contribution in [0.4, 0.5) is 0 Å². The number of hydrogen-bond acceptors (Lipinski definition) is 4.